The molecular weight excluding hydrogens is 659 g/mol. The molecule has 0 aromatic rings. The summed E-state index contributed by atoms with van der Waals surface area (Å²) in [5.41, 5.74) is 5.42. The van der Waals surface area contributed by atoms with Crippen molar-refractivity contribution in [1.29, 1.82) is 0 Å². The molecule has 1 unspecified atom stereocenters. The fourth-order valence-corrected chi connectivity index (χ4v) is 6.56. The van der Waals surface area contributed by atoms with E-state index in [-0.39, 0.29) is 5.60 Å². The van der Waals surface area contributed by atoms with Crippen LogP contribution >= 0.6 is 0 Å². The van der Waals surface area contributed by atoms with Crippen molar-refractivity contribution in [1.82, 2.24) is 0 Å². The fraction of sp³-hybridized carbons (Fsp3) is 1.00. The maximum absolute atomic E-state index is 9.33. The molecule has 51 heavy (non-hydrogen) atoms. The van der Waals surface area contributed by atoms with Crippen LogP contribution in [0.2, 0.25) is 0 Å². The summed E-state index contributed by atoms with van der Waals surface area (Å²) in [6, 6.07) is 0. The summed E-state index contributed by atoms with van der Waals surface area (Å²) in [7, 11) is -3.29. The first kappa shape index (κ1) is 52.9. The molecule has 0 aliphatic heterocycles. The Morgan fingerprint density at radius 1 is 0.451 bits per heavy atom. The second-order valence-electron chi connectivity index (χ2n) is 15.8. The summed E-state index contributed by atoms with van der Waals surface area (Å²) >= 11 is 0. The summed E-state index contributed by atoms with van der Waals surface area (Å²) in [5.74, 6) is 0. The molecule has 0 aromatic carbocycles. The molecule has 0 amide bonds. The summed E-state index contributed by atoms with van der Waals surface area (Å²) in [6.07, 6.45) is 44.6. The lowest BCUT2D eigenvalue weighted by molar-refractivity contribution is -0.181. The average molecular weight is 750 g/mol. The van der Waals surface area contributed by atoms with Gasteiger partial charge < -0.3 is 15.2 Å². The maximum atomic E-state index is 9.33. The number of unbranched alkanes of at least 4 members (excludes halogenated alkanes) is 30. The van der Waals surface area contributed by atoms with Gasteiger partial charge in [-0.05, 0) is 33.6 Å². The third-order valence-corrected chi connectivity index (χ3v) is 11.2. The van der Waals surface area contributed by atoms with Crippen molar-refractivity contribution in [2.24, 2.45) is 5.73 Å². The van der Waals surface area contributed by atoms with E-state index in [1.54, 1.807) is 0 Å². The minimum atomic E-state index is -4.16. The number of rotatable bonds is 39. The molecule has 0 aromatic heterocycles. The molecular formula is C43H91NO6S. The van der Waals surface area contributed by atoms with Gasteiger partial charge in [0.15, 0.2) is 0 Å². The normalized spacial score (nSPS) is 13.3. The van der Waals surface area contributed by atoms with Crippen LogP contribution in [0, 0.1) is 0 Å². The highest BCUT2D eigenvalue weighted by Gasteiger charge is 2.42. The topological polar surface area (TPSA) is 108 Å². The molecule has 0 radical (unpaired) electrons. The van der Waals surface area contributed by atoms with E-state index in [2.05, 4.69) is 38.8 Å². The second kappa shape index (κ2) is 38.0. The highest BCUT2D eigenvalue weighted by Crippen LogP contribution is 2.29. The maximum Gasteiger partial charge on any atom is 0.397 e. The number of hydrogen-bond donors (Lipinski definition) is 2. The summed E-state index contributed by atoms with van der Waals surface area (Å²) in [5, 5.41) is 0. The van der Waals surface area contributed by atoms with Gasteiger partial charge >= 0.3 is 10.4 Å². The highest BCUT2D eigenvalue weighted by atomic mass is 32.3. The Bertz CT molecular complexity index is 793. The van der Waals surface area contributed by atoms with E-state index in [1.807, 2.05) is 0 Å². The molecule has 0 saturated carbocycles. The molecule has 310 valence electrons. The van der Waals surface area contributed by atoms with Crippen LogP contribution in [0.4, 0.5) is 0 Å². The van der Waals surface area contributed by atoms with E-state index in [4.69, 9.17) is 19.8 Å². The van der Waals surface area contributed by atoms with E-state index in [9.17, 15) is 8.42 Å². The molecule has 7 nitrogen and oxygen atoms in total. The molecule has 1 atom stereocenters. The van der Waals surface area contributed by atoms with Crippen molar-refractivity contribution in [3.05, 3.63) is 0 Å². The van der Waals surface area contributed by atoms with Crippen molar-refractivity contribution in [2.45, 2.75) is 251 Å². The van der Waals surface area contributed by atoms with Crippen molar-refractivity contribution >= 4 is 10.4 Å². The summed E-state index contributed by atoms with van der Waals surface area (Å²) < 4.78 is 42.5. The molecule has 0 spiro atoms. The molecule has 0 aliphatic rings. The molecule has 0 rings (SSSR count). The Morgan fingerprint density at radius 3 is 0.882 bits per heavy atom. The average Bonchev–Trinajstić information content (AvgIpc) is 3.10. The van der Waals surface area contributed by atoms with Gasteiger partial charge in [-0.15, -0.1) is 0 Å². The van der Waals surface area contributed by atoms with Gasteiger partial charge in [0.1, 0.15) is 5.60 Å². The predicted molar refractivity (Wildman–Crippen MR) is 221 cm³/mol. The van der Waals surface area contributed by atoms with Crippen molar-refractivity contribution in [3.8, 4) is 0 Å². The number of hydrogen-bond acceptors (Lipinski definition) is 6. The minimum absolute atomic E-state index is 0.369. The van der Waals surface area contributed by atoms with Crippen LogP contribution in [0.3, 0.4) is 0 Å². The van der Waals surface area contributed by atoms with E-state index < -0.39 is 16.0 Å². The van der Waals surface area contributed by atoms with Crippen molar-refractivity contribution < 1.29 is 26.6 Å². The smallest absolute Gasteiger partial charge is 0.373 e. The van der Waals surface area contributed by atoms with Gasteiger partial charge in [-0.2, -0.15) is 8.42 Å². The van der Waals surface area contributed by atoms with Gasteiger partial charge in [-0.1, -0.05) is 206 Å². The Hall–Kier alpha value is -0.250. The fourth-order valence-electron chi connectivity index (χ4n) is 6.56. The van der Waals surface area contributed by atoms with Gasteiger partial charge in [-0.25, -0.2) is 0 Å². The van der Waals surface area contributed by atoms with Crippen molar-refractivity contribution in [2.75, 3.05) is 26.9 Å². The third kappa shape index (κ3) is 37.8. The lowest BCUT2D eigenvalue weighted by atomic mass is 9.87. The zero-order valence-electron chi connectivity index (χ0n) is 35.2. The van der Waals surface area contributed by atoms with E-state index in [0.29, 0.717) is 6.54 Å². The zero-order chi connectivity index (χ0) is 38.4. The first-order valence-corrected chi connectivity index (χ1v) is 23.4. The first-order valence-electron chi connectivity index (χ1n) is 22.0. The van der Waals surface area contributed by atoms with Crippen molar-refractivity contribution in [3.63, 3.8) is 0 Å². The van der Waals surface area contributed by atoms with Crippen LogP contribution in [0.25, 0.3) is 0 Å². The number of nitrogens with two attached hydrogens (primary N) is 1. The number of ether oxygens (including phenoxy) is 2. The largest absolute Gasteiger partial charge is 0.397 e. The zero-order valence-corrected chi connectivity index (χ0v) is 36.0. The Balaban J connectivity index is 0. The lowest BCUT2D eigenvalue weighted by Gasteiger charge is -2.43. The Morgan fingerprint density at radius 2 is 0.667 bits per heavy atom. The summed E-state index contributed by atoms with van der Waals surface area (Å²) in [4.78, 5) is 0. The van der Waals surface area contributed by atoms with E-state index in [1.165, 1.54) is 193 Å². The molecule has 0 aliphatic carbocycles. The standard InChI is InChI=1S/C42H87NO2.CH4O4S/c1-6-8-10-12-14-16-18-20-22-24-26-28-30-32-34-36-38-44-41(3,4)42(5,40-43)45-39-37-35-33-31-29-27-25-23-21-19-17-15-13-11-9-7-2;1-5-6(2,3)4/h6-40,43H2,1-5H3;1H3,(H,2,3,4). The van der Waals surface area contributed by atoms with E-state index >= 15 is 0 Å². The third-order valence-electron chi connectivity index (χ3n) is 10.8. The Kier molecular flexibility index (Phi) is 39.4. The highest BCUT2D eigenvalue weighted by molar-refractivity contribution is 7.80. The summed E-state index contributed by atoms with van der Waals surface area (Å²) in [6.45, 7) is 13.2. The molecule has 8 heteroatoms. The van der Waals surface area contributed by atoms with Gasteiger partial charge in [0.2, 0.25) is 0 Å². The monoisotopic (exact) mass is 750 g/mol. The second-order valence-corrected chi connectivity index (χ2v) is 17.0. The Labute approximate surface area is 320 Å². The molecule has 0 heterocycles. The molecule has 0 saturated heterocycles. The van der Waals surface area contributed by atoms with Crippen LogP contribution < -0.4 is 5.73 Å². The van der Waals surface area contributed by atoms with Gasteiger partial charge in [-0.3, -0.25) is 8.74 Å². The first-order chi connectivity index (χ1) is 24.5. The van der Waals surface area contributed by atoms with Gasteiger partial charge in [0, 0.05) is 19.8 Å². The SMILES string of the molecule is CCCCCCCCCCCCCCCCCCOC(C)(C)C(C)(CN)OCCCCCCCCCCCCCCCCCC.COS(=O)(=O)O. The van der Waals surface area contributed by atoms with Crippen LogP contribution in [-0.4, -0.2) is 51.0 Å². The van der Waals surface area contributed by atoms with Gasteiger partial charge in [0.25, 0.3) is 0 Å². The predicted octanol–water partition coefficient (Wildman–Crippen LogP) is 13.5. The molecule has 0 fully saturated rings. The molecule has 3 N–H and O–H groups in total. The van der Waals surface area contributed by atoms with Crippen LogP contribution in [0.1, 0.15) is 240 Å². The van der Waals surface area contributed by atoms with Crippen LogP contribution in [0.5, 0.6) is 0 Å². The van der Waals surface area contributed by atoms with E-state index in [0.717, 1.165) is 33.2 Å². The minimum Gasteiger partial charge on any atom is -0.373 e. The molecule has 0 bridgehead atoms. The van der Waals surface area contributed by atoms with Gasteiger partial charge in [0.05, 0.1) is 12.7 Å². The van der Waals surface area contributed by atoms with Crippen LogP contribution in [-0.2, 0) is 24.1 Å². The quantitative estimate of drug-likeness (QED) is 0.0476. The lowest BCUT2D eigenvalue weighted by Crippen LogP contribution is -2.56. The van der Waals surface area contributed by atoms with Crippen LogP contribution in [0.15, 0.2) is 0 Å².